The Hall–Kier alpha value is -1.76. The first kappa shape index (κ1) is 16.1. The van der Waals surface area contributed by atoms with Gasteiger partial charge >= 0.3 is 6.36 Å². The fraction of sp³-hybridized carbons (Fsp3) is 0.562. The number of halogens is 3. The van der Waals surface area contributed by atoms with Crippen LogP contribution in [-0.2, 0) is 4.79 Å². The highest BCUT2D eigenvalue weighted by Crippen LogP contribution is 2.51. The average molecular weight is 328 g/mol. The van der Waals surface area contributed by atoms with Gasteiger partial charge in [0.25, 0.3) is 0 Å². The van der Waals surface area contributed by atoms with Gasteiger partial charge in [-0.3, -0.25) is 4.79 Å². The number of carbonyl (C=O) groups excluding carboxylic acids is 1. The number of benzene rings is 1. The first-order valence-corrected chi connectivity index (χ1v) is 7.72. The predicted molar refractivity (Wildman–Crippen MR) is 78.0 cm³/mol. The molecule has 1 aliphatic heterocycles. The van der Waals surface area contributed by atoms with Crippen LogP contribution < -0.4 is 10.1 Å². The summed E-state index contributed by atoms with van der Waals surface area (Å²) in [7, 11) is 0. The second kappa shape index (κ2) is 6.03. The number of nitrogens with one attached hydrogen (secondary N) is 1. The monoisotopic (exact) mass is 328 g/mol. The molecule has 0 aromatic heterocycles. The first-order valence-electron chi connectivity index (χ1n) is 7.72. The Labute approximate surface area is 132 Å². The quantitative estimate of drug-likeness (QED) is 0.927. The minimum atomic E-state index is -4.72. The molecule has 126 valence electrons. The summed E-state index contributed by atoms with van der Waals surface area (Å²) in [5, 5.41) is 3.27. The second-order valence-corrected chi connectivity index (χ2v) is 6.17. The van der Waals surface area contributed by atoms with Gasteiger partial charge in [-0.05, 0) is 30.9 Å². The van der Waals surface area contributed by atoms with Crippen molar-refractivity contribution < 1.29 is 22.7 Å². The van der Waals surface area contributed by atoms with Crippen molar-refractivity contribution >= 4 is 5.91 Å². The highest BCUT2D eigenvalue weighted by molar-refractivity contribution is 5.83. The number of hydrogen-bond acceptors (Lipinski definition) is 3. The molecule has 2 fully saturated rings. The molecule has 0 spiro atoms. The van der Waals surface area contributed by atoms with Gasteiger partial charge in [-0.15, -0.1) is 13.2 Å². The molecule has 1 saturated carbocycles. The number of nitrogens with zero attached hydrogens (tertiary/aromatic N) is 1. The molecule has 1 heterocycles. The maximum Gasteiger partial charge on any atom is 0.573 e. The van der Waals surface area contributed by atoms with E-state index in [1.165, 1.54) is 12.1 Å². The van der Waals surface area contributed by atoms with Gasteiger partial charge in [-0.2, -0.15) is 0 Å². The van der Waals surface area contributed by atoms with Crippen LogP contribution in [0.3, 0.4) is 0 Å². The molecule has 7 heteroatoms. The van der Waals surface area contributed by atoms with E-state index in [2.05, 4.69) is 10.1 Å². The number of amides is 1. The molecule has 1 aromatic rings. The van der Waals surface area contributed by atoms with Crippen LogP contribution in [0.1, 0.15) is 24.8 Å². The van der Waals surface area contributed by atoms with Crippen molar-refractivity contribution in [2.45, 2.75) is 31.7 Å². The van der Waals surface area contributed by atoms with Gasteiger partial charge in [-0.1, -0.05) is 18.2 Å². The molecule has 1 aliphatic carbocycles. The summed E-state index contributed by atoms with van der Waals surface area (Å²) in [4.78, 5) is 14.3. The van der Waals surface area contributed by atoms with Crippen molar-refractivity contribution in [1.29, 1.82) is 0 Å². The fourth-order valence-electron chi connectivity index (χ4n) is 3.18. The number of carbonyl (C=O) groups is 1. The number of rotatable bonds is 3. The third-order valence-corrected chi connectivity index (χ3v) is 4.33. The molecule has 0 unspecified atom stereocenters. The Morgan fingerprint density at radius 3 is 2.78 bits per heavy atom. The lowest BCUT2D eigenvalue weighted by atomic mass is 10.1. The van der Waals surface area contributed by atoms with Gasteiger partial charge in [0.2, 0.25) is 5.91 Å². The molecule has 1 N–H and O–H groups in total. The zero-order chi connectivity index (χ0) is 16.6. The normalized spacial score (nSPS) is 27.7. The van der Waals surface area contributed by atoms with Gasteiger partial charge in [-0.25, -0.2) is 0 Å². The maximum absolute atomic E-state index is 12.5. The molecule has 0 radical (unpaired) electrons. The molecule has 3 rings (SSSR count). The molecule has 1 aromatic carbocycles. The van der Waals surface area contributed by atoms with E-state index >= 15 is 0 Å². The van der Waals surface area contributed by atoms with E-state index in [0.717, 1.165) is 6.54 Å². The van der Waals surface area contributed by atoms with Crippen molar-refractivity contribution in [1.82, 2.24) is 10.2 Å². The Kier molecular flexibility index (Phi) is 4.23. The van der Waals surface area contributed by atoms with Crippen molar-refractivity contribution in [2.24, 2.45) is 5.92 Å². The molecular weight excluding hydrogens is 309 g/mol. The zero-order valence-electron chi connectivity index (χ0n) is 12.8. The molecule has 1 amide bonds. The first-order chi connectivity index (χ1) is 10.8. The zero-order valence-corrected chi connectivity index (χ0v) is 12.8. The highest BCUT2D eigenvalue weighted by atomic mass is 19.4. The van der Waals surface area contributed by atoms with Crippen LogP contribution in [-0.4, -0.2) is 42.8 Å². The van der Waals surface area contributed by atoms with Crippen LogP contribution in [0.4, 0.5) is 13.2 Å². The Morgan fingerprint density at radius 2 is 2.09 bits per heavy atom. The largest absolute Gasteiger partial charge is 0.573 e. The lowest BCUT2D eigenvalue weighted by Crippen LogP contribution is -2.51. The maximum atomic E-state index is 12.5. The lowest BCUT2D eigenvalue weighted by Gasteiger charge is -2.32. The van der Waals surface area contributed by atoms with E-state index in [-0.39, 0.29) is 29.5 Å². The van der Waals surface area contributed by atoms with Gasteiger partial charge in [0, 0.05) is 31.6 Å². The predicted octanol–water partition coefficient (Wildman–Crippen LogP) is 2.51. The van der Waals surface area contributed by atoms with Gasteiger partial charge in [0.15, 0.2) is 0 Å². The molecule has 1 saturated heterocycles. The van der Waals surface area contributed by atoms with Crippen molar-refractivity contribution in [2.75, 3.05) is 19.6 Å². The number of para-hydroxylation sites is 1. The van der Waals surface area contributed by atoms with Crippen LogP contribution >= 0.6 is 0 Å². The molecule has 0 bridgehead atoms. The topological polar surface area (TPSA) is 41.6 Å². The highest BCUT2D eigenvalue weighted by Gasteiger charge is 2.48. The van der Waals surface area contributed by atoms with Crippen molar-refractivity contribution in [3.8, 4) is 5.75 Å². The minimum absolute atomic E-state index is 0.0326. The SMILES string of the molecule is C[C@@H]1CN(C(=O)[C@@H]2C[C@H]2c2ccccc2OC(F)(F)F)CCN1. The van der Waals surface area contributed by atoms with E-state index in [9.17, 15) is 18.0 Å². The fourth-order valence-corrected chi connectivity index (χ4v) is 3.18. The summed E-state index contributed by atoms with van der Waals surface area (Å²) in [5.74, 6) is -0.594. The molecular formula is C16H19F3N2O2. The average Bonchev–Trinajstić information content (AvgIpc) is 3.25. The van der Waals surface area contributed by atoms with Crippen LogP contribution in [0.15, 0.2) is 24.3 Å². The van der Waals surface area contributed by atoms with Crippen LogP contribution in [0.2, 0.25) is 0 Å². The third kappa shape index (κ3) is 3.77. The summed E-state index contributed by atoms with van der Waals surface area (Å²) in [6.45, 7) is 4.05. The van der Waals surface area contributed by atoms with Crippen LogP contribution in [0.25, 0.3) is 0 Å². The summed E-state index contributed by atoms with van der Waals surface area (Å²) in [6, 6.07) is 6.33. The summed E-state index contributed by atoms with van der Waals surface area (Å²) >= 11 is 0. The number of piperazine rings is 1. The molecule has 3 atom stereocenters. The van der Waals surface area contributed by atoms with E-state index in [1.807, 2.05) is 6.92 Å². The third-order valence-electron chi connectivity index (χ3n) is 4.33. The minimum Gasteiger partial charge on any atom is -0.405 e. The molecule has 23 heavy (non-hydrogen) atoms. The number of ether oxygens (including phenoxy) is 1. The standard InChI is InChI=1S/C16H19F3N2O2/c1-10-9-21(7-6-20-10)15(22)13-8-12(13)11-4-2-3-5-14(11)23-16(17,18)19/h2-5,10,12-13,20H,6-9H2,1H3/t10-,12+,13-/m1/s1. The smallest absolute Gasteiger partial charge is 0.405 e. The molecule has 2 aliphatic rings. The number of alkyl halides is 3. The van der Waals surface area contributed by atoms with Crippen molar-refractivity contribution in [3.05, 3.63) is 29.8 Å². The summed E-state index contributed by atoms with van der Waals surface area (Å²) < 4.78 is 41.6. The van der Waals surface area contributed by atoms with Crippen LogP contribution in [0, 0.1) is 5.92 Å². The number of hydrogen-bond donors (Lipinski definition) is 1. The van der Waals surface area contributed by atoms with Gasteiger partial charge in [0.05, 0.1) is 0 Å². The van der Waals surface area contributed by atoms with Crippen LogP contribution in [0.5, 0.6) is 5.75 Å². The summed E-state index contributed by atoms with van der Waals surface area (Å²) in [6.07, 6.45) is -4.14. The molecule has 4 nitrogen and oxygen atoms in total. The Bertz CT molecular complexity index is 591. The lowest BCUT2D eigenvalue weighted by molar-refractivity contribution is -0.274. The van der Waals surface area contributed by atoms with E-state index in [0.29, 0.717) is 25.1 Å². The second-order valence-electron chi connectivity index (χ2n) is 6.17. The van der Waals surface area contributed by atoms with E-state index in [4.69, 9.17) is 0 Å². The summed E-state index contributed by atoms with van der Waals surface area (Å²) in [5.41, 5.74) is 0.464. The van der Waals surface area contributed by atoms with Gasteiger partial charge < -0.3 is 15.0 Å². The van der Waals surface area contributed by atoms with E-state index in [1.54, 1.807) is 17.0 Å². The van der Waals surface area contributed by atoms with E-state index < -0.39 is 6.36 Å². The van der Waals surface area contributed by atoms with Gasteiger partial charge in [0.1, 0.15) is 5.75 Å². The Morgan fingerprint density at radius 1 is 1.35 bits per heavy atom. The Balaban J connectivity index is 1.69. The van der Waals surface area contributed by atoms with Crippen molar-refractivity contribution in [3.63, 3.8) is 0 Å².